The number of rotatable bonds is 4. The number of carbonyl (C=O) groups excluding carboxylic acids is 1. The zero-order valence-electron chi connectivity index (χ0n) is 10.4. The van der Waals surface area contributed by atoms with Crippen LogP contribution in [0.5, 0.6) is 5.75 Å². The van der Waals surface area contributed by atoms with Crippen LogP contribution in [-0.2, 0) is 10.2 Å². The van der Waals surface area contributed by atoms with Crippen molar-refractivity contribution in [2.45, 2.75) is 19.3 Å². The Bertz CT molecular complexity index is 419. The maximum atomic E-state index is 13.3. The average Bonchev–Trinajstić information content (AvgIpc) is 2.29. The largest absolute Gasteiger partial charge is 0.496 e. The molecule has 1 rings (SSSR count). The molecule has 0 aliphatic carbocycles. The topological polar surface area (TPSA) is 50.4 Å². The summed E-state index contributed by atoms with van der Waals surface area (Å²) in [5.41, 5.74) is 4.66. The first kappa shape index (κ1) is 13.4. The van der Waals surface area contributed by atoms with E-state index >= 15 is 0 Å². The monoisotopic (exact) mass is 240 g/mol. The summed E-state index contributed by atoms with van der Waals surface area (Å²) in [6, 6.07) is 4.13. The van der Waals surface area contributed by atoms with Gasteiger partial charge in [0.15, 0.2) is 0 Å². The molecule has 0 bridgehead atoms. The van der Waals surface area contributed by atoms with Crippen LogP contribution in [0.15, 0.2) is 18.2 Å². The number of amides is 1. The van der Waals surface area contributed by atoms with E-state index in [1.165, 1.54) is 25.3 Å². The minimum atomic E-state index is -0.892. The summed E-state index contributed by atoms with van der Waals surface area (Å²) in [6.07, 6.45) is 0. The van der Waals surface area contributed by atoms with Gasteiger partial charge in [0.2, 0.25) is 5.91 Å². The van der Waals surface area contributed by atoms with Gasteiger partial charge in [-0.1, -0.05) is 0 Å². The second kappa shape index (κ2) is 5.14. The number of hydrogen-bond acceptors (Lipinski definition) is 3. The van der Waals surface area contributed by atoms with E-state index in [0.29, 0.717) is 11.3 Å². The molecule has 94 valence electrons. The number of nitrogens with one attached hydrogen (secondary N) is 2. The fraction of sp³-hybridized carbons (Fsp3) is 0.417. The van der Waals surface area contributed by atoms with E-state index in [2.05, 4.69) is 10.9 Å². The summed E-state index contributed by atoms with van der Waals surface area (Å²) in [7, 11) is 3.08. The Morgan fingerprint density at radius 2 is 2.06 bits per heavy atom. The van der Waals surface area contributed by atoms with E-state index in [9.17, 15) is 9.18 Å². The fourth-order valence-corrected chi connectivity index (χ4v) is 1.56. The van der Waals surface area contributed by atoms with E-state index in [1.54, 1.807) is 20.9 Å². The van der Waals surface area contributed by atoms with Gasteiger partial charge in [-0.3, -0.25) is 10.2 Å². The predicted molar refractivity (Wildman–Crippen MR) is 63.2 cm³/mol. The van der Waals surface area contributed by atoms with Crippen molar-refractivity contribution in [3.8, 4) is 5.75 Å². The third kappa shape index (κ3) is 2.74. The first-order valence-electron chi connectivity index (χ1n) is 5.24. The van der Waals surface area contributed by atoms with E-state index < -0.39 is 11.2 Å². The number of ether oxygens (including phenoxy) is 1. The van der Waals surface area contributed by atoms with Crippen LogP contribution in [-0.4, -0.2) is 20.1 Å². The second-order valence-corrected chi connectivity index (χ2v) is 4.17. The van der Waals surface area contributed by atoms with Crippen LogP contribution in [0.25, 0.3) is 0 Å². The molecule has 1 aromatic rings. The van der Waals surface area contributed by atoms with Crippen molar-refractivity contribution in [1.29, 1.82) is 0 Å². The first-order valence-corrected chi connectivity index (χ1v) is 5.24. The van der Waals surface area contributed by atoms with Crippen LogP contribution < -0.4 is 15.6 Å². The highest BCUT2D eigenvalue weighted by molar-refractivity contribution is 5.87. The summed E-state index contributed by atoms with van der Waals surface area (Å²) in [6.45, 7) is 3.41. The molecule has 5 heteroatoms. The Kier molecular flexibility index (Phi) is 4.07. The summed E-state index contributed by atoms with van der Waals surface area (Å²) < 4.78 is 18.4. The molecule has 1 amide bonds. The van der Waals surface area contributed by atoms with E-state index in [4.69, 9.17) is 4.74 Å². The van der Waals surface area contributed by atoms with E-state index in [-0.39, 0.29) is 5.91 Å². The van der Waals surface area contributed by atoms with Crippen molar-refractivity contribution in [3.63, 3.8) is 0 Å². The lowest BCUT2D eigenvalue weighted by Gasteiger charge is -2.25. The standard InChI is InChI=1S/C12H17FN2O2/c1-12(2,11(16)15-14-3)9-7-8(13)5-6-10(9)17-4/h5-7,14H,1-4H3,(H,15,16). The number of halogens is 1. The van der Waals surface area contributed by atoms with Gasteiger partial charge in [0.25, 0.3) is 0 Å². The summed E-state index contributed by atoms with van der Waals surface area (Å²) >= 11 is 0. The number of hydrazine groups is 1. The number of hydrogen-bond donors (Lipinski definition) is 2. The minimum absolute atomic E-state index is 0.260. The highest BCUT2D eigenvalue weighted by Crippen LogP contribution is 2.32. The van der Waals surface area contributed by atoms with Crippen LogP contribution in [0.1, 0.15) is 19.4 Å². The van der Waals surface area contributed by atoms with Gasteiger partial charge in [-0.2, -0.15) is 0 Å². The molecule has 1 aromatic carbocycles. The van der Waals surface area contributed by atoms with E-state index in [0.717, 1.165) is 0 Å². The van der Waals surface area contributed by atoms with Crippen molar-refractivity contribution >= 4 is 5.91 Å². The molecule has 0 saturated carbocycles. The van der Waals surface area contributed by atoms with Crippen molar-refractivity contribution in [3.05, 3.63) is 29.6 Å². The Balaban J connectivity index is 3.21. The molecule has 0 aliphatic rings. The molecule has 0 aromatic heterocycles. The van der Waals surface area contributed by atoms with Crippen molar-refractivity contribution in [2.75, 3.05) is 14.2 Å². The number of benzene rings is 1. The van der Waals surface area contributed by atoms with Crippen LogP contribution in [0.3, 0.4) is 0 Å². The van der Waals surface area contributed by atoms with Gasteiger partial charge in [-0.25, -0.2) is 9.82 Å². The van der Waals surface area contributed by atoms with Gasteiger partial charge in [-0.05, 0) is 32.0 Å². The molecular weight excluding hydrogens is 223 g/mol. The molecule has 0 radical (unpaired) electrons. The third-order valence-corrected chi connectivity index (χ3v) is 2.64. The van der Waals surface area contributed by atoms with Crippen LogP contribution >= 0.6 is 0 Å². The minimum Gasteiger partial charge on any atom is -0.496 e. The highest BCUT2D eigenvalue weighted by Gasteiger charge is 2.32. The smallest absolute Gasteiger partial charge is 0.244 e. The average molecular weight is 240 g/mol. The lowest BCUT2D eigenvalue weighted by molar-refractivity contribution is -0.126. The van der Waals surface area contributed by atoms with Gasteiger partial charge in [0, 0.05) is 12.6 Å². The molecule has 0 fully saturated rings. The normalized spacial score (nSPS) is 11.1. The quantitative estimate of drug-likeness (QED) is 0.781. The molecule has 4 nitrogen and oxygen atoms in total. The summed E-state index contributed by atoms with van der Waals surface area (Å²) in [5, 5.41) is 0. The lowest BCUT2D eigenvalue weighted by Crippen LogP contribution is -2.45. The Hall–Kier alpha value is -1.62. The number of carbonyl (C=O) groups is 1. The molecule has 0 unspecified atom stereocenters. The molecule has 17 heavy (non-hydrogen) atoms. The predicted octanol–water partition coefficient (Wildman–Crippen LogP) is 1.36. The second-order valence-electron chi connectivity index (χ2n) is 4.17. The van der Waals surface area contributed by atoms with E-state index in [1.807, 2.05) is 0 Å². The van der Waals surface area contributed by atoms with Crippen molar-refractivity contribution in [2.24, 2.45) is 0 Å². The Morgan fingerprint density at radius 1 is 1.41 bits per heavy atom. The van der Waals surface area contributed by atoms with Crippen LogP contribution in [0, 0.1) is 5.82 Å². The summed E-state index contributed by atoms with van der Waals surface area (Å²) in [4.78, 5) is 11.9. The SMILES string of the molecule is CNNC(=O)C(C)(C)c1cc(F)ccc1OC. The molecule has 0 atom stereocenters. The van der Waals surface area contributed by atoms with Gasteiger partial charge in [-0.15, -0.1) is 0 Å². The Labute approximate surface area is 100 Å². The maximum Gasteiger partial charge on any atom is 0.244 e. The van der Waals surface area contributed by atoms with Gasteiger partial charge < -0.3 is 4.74 Å². The molecule has 0 aliphatic heterocycles. The zero-order valence-corrected chi connectivity index (χ0v) is 10.4. The number of methoxy groups -OCH3 is 1. The maximum absolute atomic E-state index is 13.3. The third-order valence-electron chi connectivity index (χ3n) is 2.64. The van der Waals surface area contributed by atoms with Crippen LogP contribution in [0.4, 0.5) is 4.39 Å². The van der Waals surface area contributed by atoms with Crippen molar-refractivity contribution in [1.82, 2.24) is 10.9 Å². The van der Waals surface area contributed by atoms with Gasteiger partial charge >= 0.3 is 0 Å². The van der Waals surface area contributed by atoms with Crippen LogP contribution in [0.2, 0.25) is 0 Å². The highest BCUT2D eigenvalue weighted by atomic mass is 19.1. The molecule has 0 spiro atoms. The molecule has 0 saturated heterocycles. The molecule has 0 heterocycles. The van der Waals surface area contributed by atoms with Gasteiger partial charge in [0.1, 0.15) is 11.6 Å². The fourth-order valence-electron chi connectivity index (χ4n) is 1.56. The Morgan fingerprint density at radius 3 is 2.59 bits per heavy atom. The van der Waals surface area contributed by atoms with Crippen molar-refractivity contribution < 1.29 is 13.9 Å². The van der Waals surface area contributed by atoms with Gasteiger partial charge in [0.05, 0.1) is 12.5 Å². The lowest BCUT2D eigenvalue weighted by atomic mass is 9.83. The summed E-state index contributed by atoms with van der Waals surface area (Å²) in [5.74, 6) is -0.169. The molecule has 2 N–H and O–H groups in total. The first-order chi connectivity index (χ1) is 7.93. The molecular formula is C12H17FN2O2. The zero-order chi connectivity index (χ0) is 13.1.